The molecule has 2 aromatic rings. The molecule has 170 valence electrons. The van der Waals surface area contributed by atoms with Gasteiger partial charge in [-0.05, 0) is 23.8 Å². The SMILES string of the molecule is CN=C(NCCNC(=O)Cc1ccc(F)cc1)NCc1ccccc1OC(F)(F)F.I. The van der Waals surface area contributed by atoms with E-state index in [0.717, 1.165) is 0 Å². The standard InChI is InChI=1S/C20H22F4N4O2.HI/c1-25-19(28-13-15-4-2-3-5-17(15)30-20(22,23)24)27-11-10-26-18(29)12-14-6-8-16(21)9-7-14;/h2-9H,10-13H2,1H3,(H,26,29)(H2,25,27,28);1H. The van der Waals surface area contributed by atoms with Crippen LogP contribution in [0.25, 0.3) is 0 Å². The van der Waals surface area contributed by atoms with Gasteiger partial charge in [0.2, 0.25) is 5.91 Å². The van der Waals surface area contributed by atoms with Crippen LogP contribution in [-0.2, 0) is 17.8 Å². The second kappa shape index (κ2) is 13.0. The van der Waals surface area contributed by atoms with Crippen molar-refractivity contribution >= 4 is 35.8 Å². The number of amides is 1. The first-order valence-electron chi connectivity index (χ1n) is 9.06. The maximum Gasteiger partial charge on any atom is 0.573 e. The van der Waals surface area contributed by atoms with E-state index in [1.807, 2.05) is 0 Å². The Balaban J connectivity index is 0.00000480. The van der Waals surface area contributed by atoms with Crippen LogP contribution in [0.4, 0.5) is 17.6 Å². The van der Waals surface area contributed by atoms with Gasteiger partial charge in [-0.3, -0.25) is 9.79 Å². The Morgan fingerprint density at radius 3 is 2.29 bits per heavy atom. The first-order chi connectivity index (χ1) is 14.3. The van der Waals surface area contributed by atoms with Gasteiger partial charge in [-0.15, -0.1) is 37.1 Å². The topological polar surface area (TPSA) is 74.8 Å². The number of benzene rings is 2. The Hall–Kier alpha value is -2.57. The van der Waals surface area contributed by atoms with Crippen LogP contribution < -0.4 is 20.7 Å². The van der Waals surface area contributed by atoms with E-state index in [0.29, 0.717) is 30.2 Å². The van der Waals surface area contributed by atoms with Crippen LogP contribution in [0.3, 0.4) is 0 Å². The summed E-state index contributed by atoms with van der Waals surface area (Å²) in [5.41, 5.74) is 1.00. The van der Waals surface area contributed by atoms with Crippen LogP contribution in [0.1, 0.15) is 11.1 Å². The molecule has 0 aliphatic rings. The Morgan fingerprint density at radius 2 is 1.65 bits per heavy atom. The van der Waals surface area contributed by atoms with Crippen molar-refractivity contribution in [1.82, 2.24) is 16.0 Å². The molecule has 0 bridgehead atoms. The number of hydrogen-bond acceptors (Lipinski definition) is 3. The third kappa shape index (κ3) is 10.3. The first kappa shape index (κ1) is 26.5. The summed E-state index contributed by atoms with van der Waals surface area (Å²) in [7, 11) is 1.51. The Kier molecular flexibility index (Phi) is 11.1. The quantitative estimate of drug-likeness (QED) is 0.154. The molecule has 0 heterocycles. The lowest BCUT2D eigenvalue weighted by molar-refractivity contribution is -0.274. The Bertz CT molecular complexity index is 861. The van der Waals surface area contributed by atoms with Gasteiger partial charge in [-0.1, -0.05) is 30.3 Å². The van der Waals surface area contributed by atoms with Gasteiger partial charge >= 0.3 is 6.36 Å². The second-order valence-corrected chi connectivity index (χ2v) is 6.16. The average molecular weight is 554 g/mol. The summed E-state index contributed by atoms with van der Waals surface area (Å²) in [5.74, 6) is -0.523. The van der Waals surface area contributed by atoms with Crippen LogP contribution in [-0.4, -0.2) is 38.4 Å². The van der Waals surface area contributed by atoms with Gasteiger partial charge in [-0.25, -0.2) is 4.39 Å². The molecular weight excluding hydrogens is 531 g/mol. The molecule has 0 radical (unpaired) electrons. The summed E-state index contributed by atoms with van der Waals surface area (Å²) >= 11 is 0. The highest BCUT2D eigenvalue weighted by Gasteiger charge is 2.31. The number of hydrogen-bond donors (Lipinski definition) is 3. The number of alkyl halides is 3. The van der Waals surface area contributed by atoms with Crippen molar-refractivity contribution in [3.8, 4) is 5.75 Å². The minimum atomic E-state index is -4.78. The second-order valence-electron chi connectivity index (χ2n) is 6.16. The number of nitrogens with zero attached hydrogens (tertiary/aromatic N) is 1. The monoisotopic (exact) mass is 554 g/mol. The summed E-state index contributed by atoms with van der Waals surface area (Å²) in [6, 6.07) is 11.5. The number of guanidine groups is 1. The number of nitrogens with one attached hydrogen (secondary N) is 3. The molecule has 2 aromatic carbocycles. The number of ether oxygens (including phenoxy) is 1. The van der Waals surface area contributed by atoms with Gasteiger partial charge in [0.25, 0.3) is 0 Å². The molecule has 31 heavy (non-hydrogen) atoms. The number of carbonyl (C=O) groups excluding carboxylic acids is 1. The maximum absolute atomic E-state index is 12.9. The van der Waals surface area contributed by atoms with Crippen molar-refractivity contribution in [2.45, 2.75) is 19.3 Å². The van der Waals surface area contributed by atoms with E-state index < -0.39 is 6.36 Å². The molecule has 0 aromatic heterocycles. The van der Waals surface area contributed by atoms with Crippen molar-refractivity contribution in [2.24, 2.45) is 4.99 Å². The van der Waals surface area contributed by atoms with E-state index in [-0.39, 0.29) is 54.4 Å². The zero-order valence-electron chi connectivity index (χ0n) is 16.6. The molecule has 0 aliphatic carbocycles. The molecule has 3 N–H and O–H groups in total. The zero-order chi connectivity index (χ0) is 22.0. The molecule has 0 spiro atoms. The van der Waals surface area contributed by atoms with Crippen molar-refractivity contribution in [3.05, 3.63) is 65.5 Å². The highest BCUT2D eigenvalue weighted by atomic mass is 127. The van der Waals surface area contributed by atoms with E-state index in [9.17, 15) is 22.4 Å². The Labute approximate surface area is 194 Å². The summed E-state index contributed by atoms with van der Waals surface area (Å²) in [6.45, 7) is 0.701. The van der Waals surface area contributed by atoms with Crippen molar-refractivity contribution in [3.63, 3.8) is 0 Å². The van der Waals surface area contributed by atoms with Gasteiger partial charge in [0.1, 0.15) is 11.6 Å². The van der Waals surface area contributed by atoms with E-state index in [1.165, 1.54) is 37.4 Å². The van der Waals surface area contributed by atoms with E-state index in [1.54, 1.807) is 18.2 Å². The van der Waals surface area contributed by atoms with Gasteiger partial charge in [0.05, 0.1) is 6.42 Å². The number of para-hydroxylation sites is 1. The molecular formula is C20H23F4IN4O2. The van der Waals surface area contributed by atoms with Gasteiger partial charge < -0.3 is 20.7 Å². The zero-order valence-corrected chi connectivity index (χ0v) is 19.0. The molecule has 0 saturated carbocycles. The fraction of sp³-hybridized carbons (Fsp3) is 0.300. The lowest BCUT2D eigenvalue weighted by atomic mass is 10.1. The fourth-order valence-electron chi connectivity index (χ4n) is 2.51. The van der Waals surface area contributed by atoms with Crippen LogP contribution in [0.5, 0.6) is 5.75 Å². The smallest absolute Gasteiger partial charge is 0.405 e. The average Bonchev–Trinajstić information content (AvgIpc) is 2.69. The lowest BCUT2D eigenvalue weighted by Crippen LogP contribution is -2.41. The number of carbonyl (C=O) groups is 1. The summed E-state index contributed by atoms with van der Waals surface area (Å²) in [6.07, 6.45) is -4.65. The Morgan fingerprint density at radius 1 is 1.00 bits per heavy atom. The number of halogens is 5. The molecule has 0 saturated heterocycles. The molecule has 2 rings (SSSR count). The van der Waals surface area contributed by atoms with Gasteiger partial charge in [-0.2, -0.15) is 0 Å². The van der Waals surface area contributed by atoms with E-state index >= 15 is 0 Å². The third-order valence-electron chi connectivity index (χ3n) is 3.89. The predicted octanol–water partition coefficient (Wildman–Crippen LogP) is 3.37. The predicted molar refractivity (Wildman–Crippen MR) is 120 cm³/mol. The molecule has 0 unspecified atom stereocenters. The van der Waals surface area contributed by atoms with Gasteiger partial charge in [0, 0.05) is 32.2 Å². The fourth-order valence-corrected chi connectivity index (χ4v) is 2.51. The molecule has 0 aliphatic heterocycles. The van der Waals surface area contributed by atoms with Gasteiger partial charge in [0.15, 0.2) is 5.96 Å². The minimum absolute atomic E-state index is 0. The van der Waals surface area contributed by atoms with Crippen molar-refractivity contribution < 1.29 is 27.1 Å². The maximum atomic E-state index is 12.9. The highest BCUT2D eigenvalue weighted by Crippen LogP contribution is 2.25. The summed E-state index contributed by atoms with van der Waals surface area (Å²) < 4.78 is 54.3. The third-order valence-corrected chi connectivity index (χ3v) is 3.89. The van der Waals surface area contributed by atoms with Crippen LogP contribution in [0.2, 0.25) is 0 Å². The minimum Gasteiger partial charge on any atom is -0.405 e. The van der Waals surface area contributed by atoms with Crippen LogP contribution >= 0.6 is 24.0 Å². The normalized spacial score (nSPS) is 11.3. The number of aliphatic imine (C=N–C) groups is 1. The largest absolute Gasteiger partial charge is 0.573 e. The number of rotatable bonds is 8. The molecule has 0 atom stereocenters. The molecule has 11 heteroatoms. The highest BCUT2D eigenvalue weighted by molar-refractivity contribution is 14.0. The van der Waals surface area contributed by atoms with Crippen LogP contribution in [0, 0.1) is 5.82 Å². The van der Waals surface area contributed by atoms with Crippen LogP contribution in [0.15, 0.2) is 53.5 Å². The lowest BCUT2D eigenvalue weighted by Gasteiger charge is -2.15. The first-order valence-corrected chi connectivity index (χ1v) is 9.06. The molecule has 0 fully saturated rings. The summed E-state index contributed by atoms with van der Waals surface area (Å²) in [5, 5.41) is 8.54. The van der Waals surface area contributed by atoms with E-state index in [2.05, 4.69) is 25.7 Å². The molecule has 1 amide bonds. The van der Waals surface area contributed by atoms with Crippen molar-refractivity contribution in [2.75, 3.05) is 20.1 Å². The van der Waals surface area contributed by atoms with Crippen molar-refractivity contribution in [1.29, 1.82) is 0 Å². The summed E-state index contributed by atoms with van der Waals surface area (Å²) in [4.78, 5) is 15.9. The molecule has 6 nitrogen and oxygen atoms in total. The van der Waals surface area contributed by atoms with E-state index in [4.69, 9.17) is 0 Å².